The molecule has 4 aromatic rings. The second-order valence-corrected chi connectivity index (χ2v) is 5.94. The topological polar surface area (TPSA) is 58.3 Å². The normalized spacial score (nSPS) is 15.1. The van der Waals surface area contributed by atoms with Crippen molar-refractivity contribution in [1.82, 2.24) is 19.4 Å². The first kappa shape index (κ1) is 14.6. The molecule has 0 unspecified atom stereocenters. The van der Waals surface area contributed by atoms with Crippen LogP contribution in [-0.4, -0.2) is 25.6 Å². The molecule has 0 radical (unpaired) electrons. The third-order valence-electron chi connectivity index (χ3n) is 4.36. The predicted molar refractivity (Wildman–Crippen MR) is 103 cm³/mol. The molecule has 0 amide bonds. The van der Waals surface area contributed by atoms with Gasteiger partial charge in [0.1, 0.15) is 11.4 Å². The van der Waals surface area contributed by atoms with E-state index in [1.165, 1.54) is 0 Å². The Balaban J connectivity index is 1.83. The Kier molecular flexibility index (Phi) is 3.35. The molecule has 1 aliphatic rings. The van der Waals surface area contributed by atoms with Gasteiger partial charge >= 0.3 is 0 Å². The Bertz CT molecular complexity index is 1150. The molecule has 5 heteroatoms. The molecule has 0 saturated heterocycles. The highest BCUT2D eigenvalue weighted by Crippen LogP contribution is 2.33. The summed E-state index contributed by atoms with van der Waals surface area (Å²) >= 11 is 0. The van der Waals surface area contributed by atoms with E-state index in [0.717, 1.165) is 39.7 Å². The highest BCUT2D eigenvalue weighted by atomic mass is 15.0. The number of aromatic amines is 1. The Hall–Kier alpha value is -3.73. The average molecular weight is 337 g/mol. The smallest absolute Gasteiger partial charge is 0.163 e. The predicted octanol–water partition coefficient (Wildman–Crippen LogP) is 4.12. The van der Waals surface area contributed by atoms with Crippen LogP contribution >= 0.6 is 0 Å². The van der Waals surface area contributed by atoms with E-state index in [1.807, 2.05) is 67.0 Å². The first-order valence-corrected chi connectivity index (χ1v) is 8.39. The molecule has 5 nitrogen and oxygen atoms in total. The van der Waals surface area contributed by atoms with E-state index >= 15 is 0 Å². The summed E-state index contributed by atoms with van der Waals surface area (Å²) in [5.74, 6) is 0.812. The van der Waals surface area contributed by atoms with Gasteiger partial charge in [-0.2, -0.15) is 0 Å². The molecule has 0 saturated carbocycles. The number of rotatable bonds is 3. The zero-order chi connectivity index (χ0) is 17.3. The number of aromatic nitrogens is 4. The van der Waals surface area contributed by atoms with E-state index in [1.54, 1.807) is 12.4 Å². The zero-order valence-electron chi connectivity index (χ0n) is 13.9. The van der Waals surface area contributed by atoms with Crippen molar-refractivity contribution >= 4 is 17.3 Å². The summed E-state index contributed by atoms with van der Waals surface area (Å²) in [4.78, 5) is 17.3. The SMILES string of the molecule is C1=C/C(=C(/c2ccc[nH]2)c2nc(-c3ccccn3)n3ccccc23)N=C1. The molecule has 5 rings (SSSR count). The maximum absolute atomic E-state index is 4.98. The molecule has 124 valence electrons. The standard InChI is InChI=1S/C21H15N5/c1-3-11-24-17(7-1)21-25-20(18-10-2-4-14-26(18)21)19(15-8-5-12-22-15)16-9-6-13-23-16/h1-14,22H/b19-16+. The highest BCUT2D eigenvalue weighted by Gasteiger charge is 2.21. The minimum absolute atomic E-state index is 0.812. The van der Waals surface area contributed by atoms with Gasteiger partial charge in [0.05, 0.1) is 16.8 Å². The van der Waals surface area contributed by atoms with Gasteiger partial charge in [-0.1, -0.05) is 12.1 Å². The number of H-pyrrole nitrogens is 1. The van der Waals surface area contributed by atoms with E-state index in [2.05, 4.69) is 25.4 Å². The second-order valence-electron chi connectivity index (χ2n) is 5.94. The summed E-state index contributed by atoms with van der Waals surface area (Å²) in [6.45, 7) is 0. The van der Waals surface area contributed by atoms with E-state index in [9.17, 15) is 0 Å². The van der Waals surface area contributed by atoms with Crippen LogP contribution in [0.25, 0.3) is 22.6 Å². The maximum Gasteiger partial charge on any atom is 0.163 e. The Morgan fingerprint density at radius 1 is 1.00 bits per heavy atom. The first-order valence-electron chi connectivity index (χ1n) is 8.39. The van der Waals surface area contributed by atoms with Crippen LogP contribution in [0.2, 0.25) is 0 Å². The van der Waals surface area contributed by atoms with E-state index in [4.69, 9.17) is 4.98 Å². The number of fused-ring (bicyclic) bond motifs is 1. The fourth-order valence-electron chi connectivity index (χ4n) is 3.22. The minimum atomic E-state index is 0.812. The lowest BCUT2D eigenvalue weighted by molar-refractivity contribution is 1.13. The number of nitrogens with one attached hydrogen (secondary N) is 1. The van der Waals surface area contributed by atoms with E-state index < -0.39 is 0 Å². The van der Waals surface area contributed by atoms with Crippen LogP contribution in [0.15, 0.2) is 90.0 Å². The van der Waals surface area contributed by atoms with Crippen LogP contribution in [0.1, 0.15) is 11.4 Å². The Morgan fingerprint density at radius 3 is 2.73 bits per heavy atom. The van der Waals surface area contributed by atoms with Crippen molar-refractivity contribution in [3.8, 4) is 11.5 Å². The summed E-state index contributed by atoms with van der Waals surface area (Å²) in [5.41, 5.74) is 5.59. The van der Waals surface area contributed by atoms with Crippen molar-refractivity contribution in [2.45, 2.75) is 0 Å². The molecule has 0 fully saturated rings. The fourth-order valence-corrected chi connectivity index (χ4v) is 3.22. The van der Waals surface area contributed by atoms with Gasteiger partial charge in [0.2, 0.25) is 0 Å². The van der Waals surface area contributed by atoms with Crippen LogP contribution in [0, 0.1) is 0 Å². The molecule has 0 aliphatic carbocycles. The summed E-state index contributed by atoms with van der Waals surface area (Å²) in [5, 5.41) is 0. The number of pyridine rings is 2. The van der Waals surface area contributed by atoms with Gasteiger partial charge in [-0.3, -0.25) is 14.4 Å². The largest absolute Gasteiger partial charge is 0.361 e. The molecule has 1 N–H and O–H groups in total. The molecule has 5 heterocycles. The van der Waals surface area contributed by atoms with E-state index in [0.29, 0.717) is 0 Å². The molecule has 0 bridgehead atoms. The summed E-state index contributed by atoms with van der Waals surface area (Å²) < 4.78 is 2.07. The maximum atomic E-state index is 4.98. The van der Waals surface area contributed by atoms with Crippen molar-refractivity contribution in [1.29, 1.82) is 0 Å². The second kappa shape index (κ2) is 5.97. The van der Waals surface area contributed by atoms with Gasteiger partial charge in [0.15, 0.2) is 5.82 Å². The summed E-state index contributed by atoms with van der Waals surface area (Å²) in [7, 11) is 0. The van der Waals surface area contributed by atoms with Crippen LogP contribution in [-0.2, 0) is 0 Å². The lowest BCUT2D eigenvalue weighted by Crippen LogP contribution is -1.93. The van der Waals surface area contributed by atoms with Gasteiger partial charge in [0, 0.05) is 30.5 Å². The van der Waals surface area contributed by atoms with Crippen molar-refractivity contribution in [2.24, 2.45) is 4.99 Å². The number of aliphatic imine (C=N–C) groups is 1. The molecular weight excluding hydrogens is 322 g/mol. The van der Waals surface area contributed by atoms with Crippen LogP contribution in [0.3, 0.4) is 0 Å². The van der Waals surface area contributed by atoms with Crippen LogP contribution < -0.4 is 0 Å². The summed E-state index contributed by atoms with van der Waals surface area (Å²) in [6, 6.07) is 16.0. The first-order chi connectivity index (χ1) is 12.9. The van der Waals surface area contributed by atoms with Gasteiger partial charge in [-0.25, -0.2) is 4.98 Å². The monoisotopic (exact) mass is 337 g/mol. The highest BCUT2D eigenvalue weighted by molar-refractivity contribution is 5.92. The molecule has 1 aliphatic heterocycles. The van der Waals surface area contributed by atoms with Crippen molar-refractivity contribution in [3.05, 3.63) is 96.4 Å². The van der Waals surface area contributed by atoms with Crippen LogP contribution in [0.5, 0.6) is 0 Å². The minimum Gasteiger partial charge on any atom is -0.361 e. The van der Waals surface area contributed by atoms with Gasteiger partial charge in [-0.05, 0) is 48.6 Å². The third-order valence-corrected chi connectivity index (χ3v) is 4.36. The lowest BCUT2D eigenvalue weighted by Gasteiger charge is -2.06. The quantitative estimate of drug-likeness (QED) is 0.611. The van der Waals surface area contributed by atoms with Gasteiger partial charge < -0.3 is 4.98 Å². The van der Waals surface area contributed by atoms with E-state index in [-0.39, 0.29) is 0 Å². The number of hydrogen-bond donors (Lipinski definition) is 1. The van der Waals surface area contributed by atoms with Gasteiger partial charge in [0.25, 0.3) is 0 Å². The molecule has 4 aromatic heterocycles. The van der Waals surface area contributed by atoms with Crippen molar-refractivity contribution in [2.75, 3.05) is 0 Å². The molecule has 0 aromatic carbocycles. The Labute approximate surface area is 150 Å². The molecular formula is C21H15N5. The number of allylic oxidation sites excluding steroid dienone is 2. The van der Waals surface area contributed by atoms with Gasteiger partial charge in [-0.15, -0.1) is 0 Å². The third kappa shape index (κ3) is 2.29. The molecule has 26 heavy (non-hydrogen) atoms. The zero-order valence-corrected chi connectivity index (χ0v) is 13.9. The summed E-state index contributed by atoms with van der Waals surface area (Å²) in [6.07, 6.45) is 11.5. The lowest BCUT2D eigenvalue weighted by atomic mass is 10.1. The van der Waals surface area contributed by atoms with Crippen LogP contribution in [0.4, 0.5) is 0 Å². The molecule has 0 spiro atoms. The number of hydrogen-bond acceptors (Lipinski definition) is 3. The number of nitrogens with zero attached hydrogens (tertiary/aromatic N) is 4. The van der Waals surface area contributed by atoms with Crippen molar-refractivity contribution in [3.63, 3.8) is 0 Å². The number of imidazole rings is 1. The molecule has 0 atom stereocenters. The van der Waals surface area contributed by atoms with Crippen molar-refractivity contribution < 1.29 is 0 Å². The Morgan fingerprint density at radius 2 is 1.96 bits per heavy atom. The fraction of sp³-hybridized carbons (Fsp3) is 0. The average Bonchev–Trinajstić information content (AvgIpc) is 3.46.